The number of hydrogen-bond donors (Lipinski definition) is 1. The van der Waals surface area contributed by atoms with Gasteiger partial charge >= 0.3 is 0 Å². The molecule has 0 radical (unpaired) electrons. The molecule has 0 saturated heterocycles. The van der Waals surface area contributed by atoms with Crippen molar-refractivity contribution in [3.05, 3.63) is 35.9 Å². The van der Waals surface area contributed by atoms with Crippen LogP contribution in [0, 0.1) is 0 Å². The number of nitrogens with one attached hydrogen (secondary N) is 1. The first kappa shape index (κ1) is 10.7. The summed E-state index contributed by atoms with van der Waals surface area (Å²) in [5.41, 5.74) is 1.15. The summed E-state index contributed by atoms with van der Waals surface area (Å²) in [5.74, 6) is -0.334. The molecule has 0 aliphatic rings. The fraction of sp³-hybridized carbons (Fsp3) is 0.364. The zero-order chi connectivity index (χ0) is 10.4. The molecule has 0 bridgehead atoms. The number of rotatable bonds is 4. The number of halogens is 1. The van der Waals surface area contributed by atoms with E-state index in [0.717, 1.165) is 5.56 Å². The van der Waals surface area contributed by atoms with Gasteiger partial charge in [-0.2, -0.15) is 0 Å². The SMILES string of the molecule is CC(CNC(=O)CF)c1ccccc1. The van der Waals surface area contributed by atoms with E-state index < -0.39 is 12.6 Å². The van der Waals surface area contributed by atoms with Gasteiger partial charge in [0.05, 0.1) is 0 Å². The second-order valence-electron chi connectivity index (χ2n) is 3.25. The Bertz CT molecular complexity index is 287. The molecule has 3 heteroatoms. The normalized spacial score (nSPS) is 12.1. The molecule has 0 saturated carbocycles. The van der Waals surface area contributed by atoms with Gasteiger partial charge in [-0.05, 0) is 11.5 Å². The highest BCUT2D eigenvalue weighted by Crippen LogP contribution is 2.12. The summed E-state index contributed by atoms with van der Waals surface area (Å²) in [6.45, 7) is 1.53. The van der Waals surface area contributed by atoms with Crippen LogP contribution in [0.5, 0.6) is 0 Å². The van der Waals surface area contributed by atoms with Gasteiger partial charge in [0.15, 0.2) is 6.67 Å². The van der Waals surface area contributed by atoms with E-state index in [2.05, 4.69) is 5.32 Å². The fourth-order valence-electron chi connectivity index (χ4n) is 1.21. The quantitative estimate of drug-likeness (QED) is 0.780. The van der Waals surface area contributed by atoms with E-state index in [0.29, 0.717) is 6.54 Å². The number of carbonyl (C=O) groups is 1. The molecule has 14 heavy (non-hydrogen) atoms. The summed E-state index contributed by atoms with van der Waals surface area (Å²) >= 11 is 0. The van der Waals surface area contributed by atoms with Gasteiger partial charge in [-0.1, -0.05) is 37.3 Å². The van der Waals surface area contributed by atoms with Crippen molar-refractivity contribution in [2.24, 2.45) is 0 Å². The fourth-order valence-corrected chi connectivity index (χ4v) is 1.21. The lowest BCUT2D eigenvalue weighted by Crippen LogP contribution is -2.28. The van der Waals surface area contributed by atoms with Gasteiger partial charge in [0.2, 0.25) is 0 Å². The molecular formula is C11H14FNO. The van der Waals surface area contributed by atoms with Gasteiger partial charge in [-0.3, -0.25) is 4.79 Å². The Hall–Kier alpha value is -1.38. The molecule has 0 aliphatic heterocycles. The topological polar surface area (TPSA) is 29.1 Å². The minimum atomic E-state index is -0.943. The van der Waals surface area contributed by atoms with Crippen LogP contribution in [0.15, 0.2) is 30.3 Å². The van der Waals surface area contributed by atoms with Crippen LogP contribution in [0.2, 0.25) is 0 Å². The lowest BCUT2D eigenvalue weighted by molar-refractivity contribution is -0.121. The standard InChI is InChI=1S/C11H14FNO/c1-9(8-13-11(14)7-12)10-5-3-2-4-6-10/h2-6,9H,7-8H2,1H3,(H,13,14). The lowest BCUT2D eigenvalue weighted by Gasteiger charge is -2.11. The molecule has 0 spiro atoms. The van der Waals surface area contributed by atoms with Crippen molar-refractivity contribution in [1.82, 2.24) is 5.32 Å². The third-order valence-corrected chi connectivity index (χ3v) is 2.10. The predicted molar refractivity (Wildman–Crippen MR) is 53.8 cm³/mol. The smallest absolute Gasteiger partial charge is 0.251 e. The molecule has 76 valence electrons. The van der Waals surface area contributed by atoms with Gasteiger partial charge in [0.25, 0.3) is 5.91 Å². The summed E-state index contributed by atoms with van der Waals surface area (Å²) in [6, 6.07) is 9.82. The van der Waals surface area contributed by atoms with E-state index in [1.165, 1.54) is 0 Å². The molecule has 1 aromatic rings. The zero-order valence-electron chi connectivity index (χ0n) is 8.16. The number of benzene rings is 1. The Kier molecular flexibility index (Phi) is 4.11. The summed E-state index contributed by atoms with van der Waals surface area (Å²) in [5, 5.41) is 2.52. The van der Waals surface area contributed by atoms with Gasteiger partial charge in [0.1, 0.15) is 0 Å². The number of hydrogen-bond acceptors (Lipinski definition) is 1. The largest absolute Gasteiger partial charge is 0.353 e. The van der Waals surface area contributed by atoms with Crippen molar-refractivity contribution < 1.29 is 9.18 Å². The van der Waals surface area contributed by atoms with Crippen molar-refractivity contribution in [3.63, 3.8) is 0 Å². The van der Waals surface area contributed by atoms with Gasteiger partial charge in [-0.15, -0.1) is 0 Å². The average molecular weight is 195 g/mol. The summed E-state index contributed by atoms with van der Waals surface area (Å²) < 4.78 is 11.8. The molecule has 0 aromatic heterocycles. The van der Waals surface area contributed by atoms with E-state index in [4.69, 9.17) is 0 Å². The Morgan fingerprint density at radius 2 is 2.07 bits per heavy atom. The molecular weight excluding hydrogens is 181 g/mol. The van der Waals surface area contributed by atoms with E-state index >= 15 is 0 Å². The van der Waals surface area contributed by atoms with Crippen LogP contribution in [-0.4, -0.2) is 19.1 Å². The molecule has 2 nitrogen and oxygen atoms in total. The summed E-state index contributed by atoms with van der Waals surface area (Å²) in [4.78, 5) is 10.7. The van der Waals surface area contributed by atoms with Crippen molar-refractivity contribution in [2.75, 3.05) is 13.2 Å². The van der Waals surface area contributed by atoms with E-state index in [9.17, 15) is 9.18 Å². The molecule has 0 aliphatic carbocycles. The van der Waals surface area contributed by atoms with Crippen LogP contribution in [0.3, 0.4) is 0 Å². The first-order valence-corrected chi connectivity index (χ1v) is 4.61. The maximum absolute atomic E-state index is 11.8. The maximum atomic E-state index is 11.8. The van der Waals surface area contributed by atoms with Gasteiger partial charge in [-0.25, -0.2) is 4.39 Å². The Morgan fingerprint density at radius 3 is 2.64 bits per heavy atom. The van der Waals surface area contributed by atoms with Crippen molar-refractivity contribution in [2.45, 2.75) is 12.8 Å². The molecule has 1 N–H and O–H groups in total. The van der Waals surface area contributed by atoms with E-state index in [1.807, 2.05) is 37.3 Å². The number of alkyl halides is 1. The van der Waals surface area contributed by atoms with Crippen molar-refractivity contribution >= 4 is 5.91 Å². The summed E-state index contributed by atoms with van der Waals surface area (Å²) in [7, 11) is 0. The van der Waals surface area contributed by atoms with Crippen LogP contribution in [0.4, 0.5) is 4.39 Å². The highest BCUT2D eigenvalue weighted by Gasteiger charge is 2.06. The molecule has 1 unspecified atom stereocenters. The average Bonchev–Trinajstić information content (AvgIpc) is 2.26. The molecule has 1 amide bonds. The minimum Gasteiger partial charge on any atom is -0.353 e. The molecule has 0 heterocycles. The zero-order valence-corrected chi connectivity index (χ0v) is 8.16. The van der Waals surface area contributed by atoms with Crippen LogP contribution in [0.1, 0.15) is 18.4 Å². The Morgan fingerprint density at radius 1 is 1.43 bits per heavy atom. The first-order chi connectivity index (χ1) is 6.74. The molecule has 0 fully saturated rings. The molecule has 1 rings (SSSR count). The second kappa shape index (κ2) is 5.37. The number of amides is 1. The van der Waals surface area contributed by atoms with Gasteiger partial charge in [0, 0.05) is 6.54 Å². The molecule has 1 atom stereocenters. The second-order valence-corrected chi connectivity index (χ2v) is 3.25. The van der Waals surface area contributed by atoms with Crippen molar-refractivity contribution in [1.29, 1.82) is 0 Å². The lowest BCUT2D eigenvalue weighted by atomic mass is 10.0. The highest BCUT2D eigenvalue weighted by atomic mass is 19.1. The Balaban J connectivity index is 2.43. The van der Waals surface area contributed by atoms with Crippen LogP contribution < -0.4 is 5.32 Å². The van der Waals surface area contributed by atoms with Crippen LogP contribution in [-0.2, 0) is 4.79 Å². The van der Waals surface area contributed by atoms with Gasteiger partial charge < -0.3 is 5.32 Å². The maximum Gasteiger partial charge on any atom is 0.251 e. The molecule has 1 aromatic carbocycles. The Labute approximate surface area is 83.1 Å². The third kappa shape index (κ3) is 3.17. The van der Waals surface area contributed by atoms with E-state index in [1.54, 1.807) is 0 Å². The number of carbonyl (C=O) groups excluding carboxylic acids is 1. The van der Waals surface area contributed by atoms with Crippen molar-refractivity contribution in [3.8, 4) is 0 Å². The predicted octanol–water partition coefficient (Wildman–Crippen LogP) is 1.88. The van der Waals surface area contributed by atoms with Crippen LogP contribution >= 0.6 is 0 Å². The minimum absolute atomic E-state index is 0.215. The first-order valence-electron chi connectivity index (χ1n) is 4.61. The summed E-state index contributed by atoms with van der Waals surface area (Å²) in [6.07, 6.45) is 0. The van der Waals surface area contributed by atoms with E-state index in [-0.39, 0.29) is 5.92 Å². The monoisotopic (exact) mass is 195 g/mol. The van der Waals surface area contributed by atoms with Crippen LogP contribution in [0.25, 0.3) is 0 Å². The highest BCUT2D eigenvalue weighted by molar-refractivity contribution is 5.77. The third-order valence-electron chi connectivity index (χ3n) is 2.10.